The number of nitrogens with two attached hydrogens (primary N) is 1. The number of nitrogens with zero attached hydrogens (tertiary/aromatic N) is 2. The Hall–Kier alpha value is -1.29. The van der Waals surface area contributed by atoms with Crippen LogP contribution in [0.25, 0.3) is 0 Å². The van der Waals surface area contributed by atoms with Crippen LogP contribution in [0, 0.1) is 12.3 Å². The van der Waals surface area contributed by atoms with Crippen LogP contribution in [-0.4, -0.2) is 24.0 Å². The molecule has 19 heavy (non-hydrogen) atoms. The highest BCUT2D eigenvalue weighted by Crippen LogP contribution is 2.35. The van der Waals surface area contributed by atoms with Gasteiger partial charge in [-0.05, 0) is 38.3 Å². The zero-order valence-electron chi connectivity index (χ0n) is 11.4. The van der Waals surface area contributed by atoms with E-state index in [0.29, 0.717) is 11.6 Å². The first-order chi connectivity index (χ1) is 8.98. The zero-order chi connectivity index (χ0) is 14.0. The molecule has 0 spiro atoms. The van der Waals surface area contributed by atoms with Crippen molar-refractivity contribution in [2.75, 3.05) is 18.0 Å². The molecule has 0 aliphatic carbocycles. The van der Waals surface area contributed by atoms with Crippen molar-refractivity contribution in [2.45, 2.75) is 33.1 Å². The lowest BCUT2D eigenvalue weighted by Gasteiger charge is -2.40. The van der Waals surface area contributed by atoms with Gasteiger partial charge < -0.3 is 10.6 Å². The summed E-state index contributed by atoms with van der Waals surface area (Å²) in [5.41, 5.74) is 5.99. The van der Waals surface area contributed by atoms with E-state index in [9.17, 15) is 4.79 Å². The molecule has 1 atom stereocenters. The van der Waals surface area contributed by atoms with Crippen molar-refractivity contribution in [1.29, 1.82) is 0 Å². The minimum absolute atomic E-state index is 0.203. The van der Waals surface area contributed by atoms with Crippen molar-refractivity contribution in [2.24, 2.45) is 11.1 Å². The smallest absolute Gasteiger partial charge is 0.225 e. The highest BCUT2D eigenvalue weighted by Gasteiger charge is 2.39. The molecule has 1 fully saturated rings. The Balaban J connectivity index is 2.25. The molecule has 1 saturated heterocycles. The topological polar surface area (TPSA) is 59.2 Å². The van der Waals surface area contributed by atoms with E-state index in [4.69, 9.17) is 17.3 Å². The van der Waals surface area contributed by atoms with Gasteiger partial charge in [0.2, 0.25) is 5.91 Å². The molecule has 1 aromatic heterocycles. The molecule has 1 aliphatic rings. The molecule has 2 rings (SSSR count). The van der Waals surface area contributed by atoms with Gasteiger partial charge in [0.25, 0.3) is 0 Å². The van der Waals surface area contributed by atoms with Gasteiger partial charge in [-0.3, -0.25) is 4.79 Å². The maximum atomic E-state index is 11.8. The summed E-state index contributed by atoms with van der Waals surface area (Å²) in [5, 5.41) is 0.664. The molecule has 1 aliphatic heterocycles. The van der Waals surface area contributed by atoms with Gasteiger partial charge in [0.15, 0.2) is 0 Å². The van der Waals surface area contributed by atoms with Gasteiger partial charge in [0, 0.05) is 13.1 Å². The summed E-state index contributed by atoms with van der Waals surface area (Å²) < 4.78 is 0. The quantitative estimate of drug-likeness (QED) is 0.926. The first-order valence-corrected chi connectivity index (χ1v) is 7.04. The van der Waals surface area contributed by atoms with Crippen molar-refractivity contribution in [3.05, 3.63) is 22.8 Å². The van der Waals surface area contributed by atoms with Crippen LogP contribution >= 0.6 is 11.6 Å². The van der Waals surface area contributed by atoms with Gasteiger partial charge in [-0.15, -0.1) is 0 Å². The maximum absolute atomic E-state index is 11.8. The average molecular weight is 282 g/mol. The Morgan fingerprint density at radius 1 is 1.58 bits per heavy atom. The Kier molecular flexibility index (Phi) is 3.99. The number of amides is 1. The second-order valence-corrected chi connectivity index (χ2v) is 5.67. The van der Waals surface area contributed by atoms with E-state index < -0.39 is 5.41 Å². The minimum atomic E-state index is -0.423. The summed E-state index contributed by atoms with van der Waals surface area (Å²) in [6.45, 7) is 5.46. The molecule has 2 heterocycles. The van der Waals surface area contributed by atoms with E-state index in [2.05, 4.69) is 9.88 Å². The van der Waals surface area contributed by atoms with Crippen LogP contribution in [0.4, 0.5) is 5.82 Å². The largest absolute Gasteiger partial charge is 0.369 e. The summed E-state index contributed by atoms with van der Waals surface area (Å²) in [6, 6.07) is 3.76. The van der Waals surface area contributed by atoms with Gasteiger partial charge in [0.05, 0.1) is 16.1 Å². The number of carbonyl (C=O) groups excluding carboxylic acids is 1. The third-order valence-electron chi connectivity index (χ3n) is 4.11. The molecule has 104 valence electrons. The molecule has 1 amide bonds. The molecule has 0 aromatic carbocycles. The number of aryl methyl sites for hydroxylation is 1. The fourth-order valence-electron chi connectivity index (χ4n) is 2.70. The Labute approximate surface area is 118 Å². The van der Waals surface area contributed by atoms with Crippen LogP contribution in [0.2, 0.25) is 5.02 Å². The molecule has 1 aromatic rings. The number of piperidine rings is 1. The predicted octanol–water partition coefficient (Wildman–Crippen LogP) is 2.53. The number of rotatable bonds is 3. The van der Waals surface area contributed by atoms with Crippen LogP contribution < -0.4 is 10.6 Å². The summed E-state index contributed by atoms with van der Waals surface area (Å²) in [5.74, 6) is 0.672. The number of carbonyl (C=O) groups is 1. The predicted molar refractivity (Wildman–Crippen MR) is 77.3 cm³/mol. The molecule has 4 nitrogen and oxygen atoms in total. The van der Waals surface area contributed by atoms with Gasteiger partial charge in [-0.25, -0.2) is 4.98 Å². The average Bonchev–Trinajstić information content (AvgIpc) is 2.41. The van der Waals surface area contributed by atoms with Crippen LogP contribution in [0.3, 0.4) is 0 Å². The lowest BCUT2D eigenvalue weighted by Crippen LogP contribution is -2.50. The Morgan fingerprint density at radius 2 is 2.32 bits per heavy atom. The first-order valence-electron chi connectivity index (χ1n) is 6.66. The van der Waals surface area contributed by atoms with Crippen molar-refractivity contribution < 1.29 is 4.79 Å². The van der Waals surface area contributed by atoms with Crippen LogP contribution in [-0.2, 0) is 4.79 Å². The Bertz CT molecular complexity index is 492. The van der Waals surface area contributed by atoms with E-state index >= 15 is 0 Å². The third kappa shape index (κ3) is 2.68. The Morgan fingerprint density at radius 3 is 2.89 bits per heavy atom. The van der Waals surface area contributed by atoms with E-state index in [1.54, 1.807) is 0 Å². The van der Waals surface area contributed by atoms with Crippen LogP contribution in [0.15, 0.2) is 12.1 Å². The van der Waals surface area contributed by atoms with Crippen LogP contribution in [0.5, 0.6) is 0 Å². The van der Waals surface area contributed by atoms with Gasteiger partial charge in [-0.2, -0.15) is 0 Å². The lowest BCUT2D eigenvalue weighted by molar-refractivity contribution is -0.128. The number of hydrogen-bond acceptors (Lipinski definition) is 3. The summed E-state index contributed by atoms with van der Waals surface area (Å²) in [6.07, 6.45) is 2.59. The second-order valence-electron chi connectivity index (χ2n) is 5.26. The fourth-order valence-corrected chi connectivity index (χ4v) is 2.80. The zero-order valence-corrected chi connectivity index (χ0v) is 12.2. The van der Waals surface area contributed by atoms with Crippen molar-refractivity contribution >= 4 is 23.3 Å². The van der Waals surface area contributed by atoms with Gasteiger partial charge in [0.1, 0.15) is 5.82 Å². The minimum Gasteiger partial charge on any atom is -0.369 e. The van der Waals surface area contributed by atoms with Crippen molar-refractivity contribution in [1.82, 2.24) is 4.98 Å². The van der Waals surface area contributed by atoms with Crippen molar-refractivity contribution in [3.63, 3.8) is 0 Å². The molecule has 0 bridgehead atoms. The molecular formula is C14H20ClN3O. The lowest BCUT2D eigenvalue weighted by atomic mass is 9.77. The SMILES string of the molecule is CCC1(C(N)=O)CCCN(c2ccc(Cl)c(C)n2)C1. The van der Waals surface area contributed by atoms with E-state index in [-0.39, 0.29) is 5.91 Å². The molecule has 5 heteroatoms. The molecule has 1 unspecified atom stereocenters. The van der Waals surface area contributed by atoms with Crippen molar-refractivity contribution in [3.8, 4) is 0 Å². The standard InChI is InChI=1S/C14H20ClN3O/c1-3-14(13(16)19)7-4-8-18(9-14)12-6-5-11(15)10(2)17-12/h5-6H,3-4,7-9H2,1-2H3,(H2,16,19). The monoisotopic (exact) mass is 281 g/mol. The molecule has 0 radical (unpaired) electrons. The van der Waals surface area contributed by atoms with Gasteiger partial charge >= 0.3 is 0 Å². The summed E-state index contributed by atoms with van der Waals surface area (Å²) in [7, 11) is 0. The number of pyridine rings is 1. The van der Waals surface area contributed by atoms with E-state index in [0.717, 1.165) is 37.3 Å². The number of anilines is 1. The number of hydrogen-bond donors (Lipinski definition) is 1. The highest BCUT2D eigenvalue weighted by molar-refractivity contribution is 6.31. The molecule has 0 saturated carbocycles. The third-order valence-corrected chi connectivity index (χ3v) is 4.51. The van der Waals surface area contributed by atoms with E-state index in [1.807, 2.05) is 26.0 Å². The number of aromatic nitrogens is 1. The van der Waals surface area contributed by atoms with Crippen LogP contribution in [0.1, 0.15) is 31.9 Å². The maximum Gasteiger partial charge on any atom is 0.225 e. The van der Waals surface area contributed by atoms with E-state index in [1.165, 1.54) is 0 Å². The van der Waals surface area contributed by atoms with Gasteiger partial charge in [-0.1, -0.05) is 18.5 Å². The molecule has 2 N–H and O–H groups in total. The number of primary amides is 1. The summed E-state index contributed by atoms with van der Waals surface area (Å²) >= 11 is 6.00. The first kappa shape index (κ1) is 14.1. The normalized spacial score (nSPS) is 23.4. The fraction of sp³-hybridized carbons (Fsp3) is 0.571. The highest BCUT2D eigenvalue weighted by atomic mass is 35.5. The summed E-state index contributed by atoms with van der Waals surface area (Å²) in [4.78, 5) is 18.4. The molecular weight excluding hydrogens is 262 g/mol. The second kappa shape index (κ2) is 5.37. The number of halogens is 1.